The number of anilines is 1. The van der Waals surface area contributed by atoms with E-state index in [4.69, 9.17) is 9.84 Å². The van der Waals surface area contributed by atoms with Gasteiger partial charge in [-0.1, -0.05) is 0 Å². The summed E-state index contributed by atoms with van der Waals surface area (Å²) in [6, 6.07) is 3.51. The molecule has 0 aliphatic carbocycles. The summed E-state index contributed by atoms with van der Waals surface area (Å²) >= 11 is 0. The highest BCUT2D eigenvalue weighted by molar-refractivity contribution is 5.85. The Balaban J connectivity index is 2.85. The average Bonchev–Trinajstić information content (AvgIpc) is 2.31. The summed E-state index contributed by atoms with van der Waals surface area (Å²) in [4.78, 5) is 16.7. The van der Waals surface area contributed by atoms with Crippen molar-refractivity contribution in [3.63, 3.8) is 0 Å². The summed E-state index contributed by atoms with van der Waals surface area (Å²) in [7, 11) is 1.66. The lowest BCUT2D eigenvalue weighted by Gasteiger charge is -2.29. The summed E-state index contributed by atoms with van der Waals surface area (Å²) in [6.45, 7) is 5.53. The number of methoxy groups -OCH3 is 1. The molecule has 0 aliphatic rings. The first-order chi connectivity index (χ1) is 8.10. The standard InChI is InChI=1S/C12H18N2O3/c1-4-14(9(2)8-17-3)10-5-6-11(12(15)16)13-7-10/h5-7,9H,4,8H2,1-3H3,(H,15,16). The Bertz CT molecular complexity index is 365. The number of nitrogens with zero attached hydrogens (tertiary/aromatic N) is 2. The molecule has 0 aromatic carbocycles. The van der Waals surface area contributed by atoms with Gasteiger partial charge in [-0.2, -0.15) is 0 Å². The van der Waals surface area contributed by atoms with Crippen molar-refractivity contribution in [2.45, 2.75) is 19.9 Å². The molecular weight excluding hydrogens is 220 g/mol. The Kier molecular flexibility index (Phi) is 4.90. The van der Waals surface area contributed by atoms with E-state index in [1.807, 2.05) is 6.92 Å². The SMILES string of the molecule is CCN(c1ccc(C(=O)O)nc1)C(C)COC. The van der Waals surface area contributed by atoms with Crippen molar-refractivity contribution < 1.29 is 14.6 Å². The molecule has 94 valence electrons. The molecule has 0 fully saturated rings. The Hall–Kier alpha value is -1.62. The highest BCUT2D eigenvalue weighted by atomic mass is 16.5. The highest BCUT2D eigenvalue weighted by Gasteiger charge is 2.13. The van der Waals surface area contributed by atoms with E-state index in [2.05, 4.69) is 16.8 Å². The first-order valence-electron chi connectivity index (χ1n) is 5.55. The van der Waals surface area contributed by atoms with Gasteiger partial charge in [0, 0.05) is 19.7 Å². The van der Waals surface area contributed by atoms with Gasteiger partial charge in [-0.25, -0.2) is 9.78 Å². The van der Waals surface area contributed by atoms with Crippen LogP contribution >= 0.6 is 0 Å². The van der Waals surface area contributed by atoms with Crippen molar-refractivity contribution in [2.75, 3.05) is 25.2 Å². The summed E-state index contributed by atoms with van der Waals surface area (Å²) in [5.74, 6) is -1.01. The van der Waals surface area contributed by atoms with Gasteiger partial charge in [0.15, 0.2) is 0 Å². The largest absolute Gasteiger partial charge is 0.477 e. The number of carboxylic acids is 1. The van der Waals surface area contributed by atoms with Crippen molar-refractivity contribution in [1.82, 2.24) is 4.98 Å². The van der Waals surface area contributed by atoms with Gasteiger partial charge in [0.2, 0.25) is 0 Å². The fourth-order valence-corrected chi connectivity index (χ4v) is 1.76. The highest BCUT2D eigenvalue weighted by Crippen LogP contribution is 2.16. The molecule has 0 saturated heterocycles. The van der Waals surface area contributed by atoms with E-state index in [0.29, 0.717) is 6.61 Å². The second kappa shape index (κ2) is 6.20. The topological polar surface area (TPSA) is 62.7 Å². The normalized spacial score (nSPS) is 12.2. The van der Waals surface area contributed by atoms with Gasteiger partial charge in [-0.3, -0.25) is 0 Å². The molecule has 1 aromatic heterocycles. The molecule has 0 saturated carbocycles. The number of carboxylic acid groups (broad SMARTS) is 1. The van der Waals surface area contributed by atoms with E-state index in [9.17, 15) is 4.79 Å². The Morgan fingerprint density at radius 1 is 1.59 bits per heavy atom. The predicted octanol–water partition coefficient (Wildman–Crippen LogP) is 1.64. The zero-order valence-electron chi connectivity index (χ0n) is 10.4. The maximum Gasteiger partial charge on any atom is 0.354 e. The van der Waals surface area contributed by atoms with Crippen LogP contribution in [0.2, 0.25) is 0 Å². The van der Waals surface area contributed by atoms with Crippen molar-refractivity contribution >= 4 is 11.7 Å². The van der Waals surface area contributed by atoms with E-state index in [1.165, 1.54) is 6.07 Å². The Labute approximate surface area is 101 Å². The zero-order valence-corrected chi connectivity index (χ0v) is 10.4. The number of hydrogen-bond donors (Lipinski definition) is 1. The van der Waals surface area contributed by atoms with E-state index in [-0.39, 0.29) is 11.7 Å². The van der Waals surface area contributed by atoms with Crippen LogP contribution in [0.4, 0.5) is 5.69 Å². The number of aromatic carboxylic acids is 1. The van der Waals surface area contributed by atoms with Gasteiger partial charge in [0.1, 0.15) is 5.69 Å². The fraction of sp³-hybridized carbons (Fsp3) is 0.500. The van der Waals surface area contributed by atoms with Crippen molar-refractivity contribution in [3.8, 4) is 0 Å². The van der Waals surface area contributed by atoms with Crippen LogP contribution in [0.15, 0.2) is 18.3 Å². The lowest BCUT2D eigenvalue weighted by Crippen LogP contribution is -2.36. The molecule has 0 amide bonds. The van der Waals surface area contributed by atoms with Crippen LogP contribution in [-0.4, -0.2) is 42.4 Å². The monoisotopic (exact) mass is 238 g/mol. The van der Waals surface area contributed by atoms with Crippen LogP contribution in [0.25, 0.3) is 0 Å². The Morgan fingerprint density at radius 3 is 2.71 bits per heavy atom. The van der Waals surface area contributed by atoms with Crippen LogP contribution in [0, 0.1) is 0 Å². The van der Waals surface area contributed by atoms with E-state index >= 15 is 0 Å². The van der Waals surface area contributed by atoms with Crippen LogP contribution in [0.5, 0.6) is 0 Å². The molecule has 5 heteroatoms. The van der Waals surface area contributed by atoms with Gasteiger partial charge in [0.05, 0.1) is 18.5 Å². The minimum atomic E-state index is -1.01. The van der Waals surface area contributed by atoms with Crippen molar-refractivity contribution in [3.05, 3.63) is 24.0 Å². The first kappa shape index (κ1) is 13.4. The lowest BCUT2D eigenvalue weighted by atomic mass is 10.2. The average molecular weight is 238 g/mol. The maximum atomic E-state index is 10.7. The van der Waals surface area contributed by atoms with Crippen LogP contribution < -0.4 is 4.90 Å². The lowest BCUT2D eigenvalue weighted by molar-refractivity contribution is 0.0690. The summed E-state index contributed by atoms with van der Waals surface area (Å²) in [5, 5.41) is 8.77. The van der Waals surface area contributed by atoms with Crippen LogP contribution in [0.1, 0.15) is 24.3 Å². The third-order valence-corrected chi connectivity index (χ3v) is 2.58. The molecule has 1 N–H and O–H groups in total. The van der Waals surface area contributed by atoms with Crippen LogP contribution in [0.3, 0.4) is 0 Å². The minimum absolute atomic E-state index is 0.0594. The molecule has 1 atom stereocenters. The smallest absolute Gasteiger partial charge is 0.354 e. The van der Waals surface area contributed by atoms with Crippen molar-refractivity contribution in [2.24, 2.45) is 0 Å². The molecule has 0 radical (unpaired) electrons. The van der Waals surface area contributed by atoms with E-state index in [1.54, 1.807) is 19.4 Å². The maximum absolute atomic E-state index is 10.7. The van der Waals surface area contributed by atoms with Gasteiger partial charge in [-0.05, 0) is 26.0 Å². The number of carbonyl (C=O) groups is 1. The summed E-state index contributed by atoms with van der Waals surface area (Å²) in [5.41, 5.74) is 0.964. The van der Waals surface area contributed by atoms with Gasteiger partial charge in [0.25, 0.3) is 0 Å². The molecule has 0 bridgehead atoms. The number of pyridine rings is 1. The summed E-state index contributed by atoms with van der Waals surface area (Å²) in [6.07, 6.45) is 1.58. The molecule has 0 aliphatic heterocycles. The Morgan fingerprint density at radius 2 is 2.29 bits per heavy atom. The number of rotatable bonds is 6. The molecule has 1 heterocycles. The second-order valence-corrected chi connectivity index (χ2v) is 3.80. The third-order valence-electron chi connectivity index (χ3n) is 2.58. The third kappa shape index (κ3) is 3.42. The number of likely N-dealkylation sites (N-methyl/N-ethyl adjacent to an activating group) is 1. The van der Waals surface area contributed by atoms with Gasteiger partial charge in [-0.15, -0.1) is 0 Å². The minimum Gasteiger partial charge on any atom is -0.477 e. The molecule has 1 unspecified atom stereocenters. The molecule has 1 aromatic rings. The number of aromatic nitrogens is 1. The number of ether oxygens (including phenoxy) is 1. The second-order valence-electron chi connectivity index (χ2n) is 3.80. The molecule has 5 nitrogen and oxygen atoms in total. The summed E-state index contributed by atoms with van der Waals surface area (Å²) < 4.78 is 5.11. The first-order valence-corrected chi connectivity index (χ1v) is 5.55. The fourth-order valence-electron chi connectivity index (χ4n) is 1.76. The number of hydrogen-bond acceptors (Lipinski definition) is 4. The molecule has 17 heavy (non-hydrogen) atoms. The van der Waals surface area contributed by atoms with Crippen LogP contribution in [-0.2, 0) is 4.74 Å². The predicted molar refractivity (Wildman–Crippen MR) is 65.6 cm³/mol. The zero-order chi connectivity index (χ0) is 12.8. The van der Waals surface area contributed by atoms with E-state index in [0.717, 1.165) is 12.2 Å². The molecular formula is C12H18N2O3. The van der Waals surface area contributed by atoms with Gasteiger partial charge >= 0.3 is 5.97 Å². The quantitative estimate of drug-likeness (QED) is 0.816. The van der Waals surface area contributed by atoms with Crippen molar-refractivity contribution in [1.29, 1.82) is 0 Å². The van der Waals surface area contributed by atoms with Gasteiger partial charge < -0.3 is 14.7 Å². The van der Waals surface area contributed by atoms with E-state index < -0.39 is 5.97 Å². The molecule has 0 spiro atoms. The molecule has 1 rings (SSSR count).